The van der Waals surface area contributed by atoms with E-state index in [1.807, 2.05) is 13.8 Å². The van der Waals surface area contributed by atoms with Crippen LogP contribution >= 0.6 is 0 Å². The van der Waals surface area contributed by atoms with Crippen molar-refractivity contribution in [2.24, 2.45) is 35.5 Å². The molecule has 0 aromatic rings. The summed E-state index contributed by atoms with van der Waals surface area (Å²) in [5.74, 6) is -0.00810. The number of hydrogen-bond acceptors (Lipinski definition) is 2. The maximum Gasteiger partial charge on any atom is 0.306 e. The first-order valence-electron chi connectivity index (χ1n) is 8.96. The third kappa shape index (κ3) is 3.50. The number of aliphatic carboxylic acids is 1. The maximum absolute atomic E-state index is 14.6. The Balaban J connectivity index is 0.000000847. The molecule has 0 aromatic carbocycles. The van der Waals surface area contributed by atoms with Crippen LogP contribution < -0.4 is 0 Å². The van der Waals surface area contributed by atoms with E-state index in [0.717, 1.165) is 39.6 Å². The van der Waals surface area contributed by atoms with E-state index in [2.05, 4.69) is 0 Å². The highest BCUT2D eigenvalue weighted by atomic mass is 19.1. The number of carbonyl (C=O) groups is 1. The van der Waals surface area contributed by atoms with Crippen molar-refractivity contribution in [1.82, 2.24) is 0 Å². The van der Waals surface area contributed by atoms with Crippen molar-refractivity contribution in [1.29, 1.82) is 0 Å². The summed E-state index contributed by atoms with van der Waals surface area (Å²) in [6, 6.07) is 0. The predicted molar refractivity (Wildman–Crippen MR) is 85.3 cm³/mol. The lowest BCUT2D eigenvalue weighted by molar-refractivity contribution is -0.143. The second-order valence-electron chi connectivity index (χ2n) is 6.97. The van der Waals surface area contributed by atoms with Gasteiger partial charge in [0, 0.05) is 0 Å². The second kappa shape index (κ2) is 7.80. The van der Waals surface area contributed by atoms with Gasteiger partial charge in [-0.1, -0.05) is 26.6 Å². The van der Waals surface area contributed by atoms with E-state index in [4.69, 9.17) is 5.02 Å². The zero-order chi connectivity index (χ0) is 16.3. The van der Waals surface area contributed by atoms with Crippen LogP contribution in [0, 0.1) is 35.5 Å². The Kier molecular flexibility index (Phi) is 6.31. The van der Waals surface area contributed by atoms with Gasteiger partial charge in [-0.3, -0.25) is 4.79 Å². The van der Waals surface area contributed by atoms with Gasteiger partial charge in [0.1, 0.15) is 6.17 Å². The Morgan fingerprint density at radius 3 is 2.41 bits per heavy atom. The monoisotopic (exact) mass is 311 g/mol. The van der Waals surface area contributed by atoms with E-state index in [9.17, 15) is 14.3 Å². The van der Waals surface area contributed by atoms with Gasteiger partial charge in [-0.05, 0) is 61.7 Å². The fraction of sp³-hybridized carbons (Fsp3) is 0.941. The lowest BCUT2D eigenvalue weighted by Crippen LogP contribution is -2.23. The molecule has 0 aromatic heterocycles. The topological polar surface area (TPSA) is 57.5 Å². The van der Waals surface area contributed by atoms with Crippen molar-refractivity contribution in [2.45, 2.75) is 64.9 Å². The molecule has 1 radical (unpaired) electrons. The van der Waals surface area contributed by atoms with Gasteiger partial charge in [-0.25, -0.2) is 4.39 Å². The van der Waals surface area contributed by atoms with Crippen molar-refractivity contribution in [2.75, 3.05) is 0 Å². The van der Waals surface area contributed by atoms with E-state index in [1.165, 1.54) is 0 Å². The molecule has 22 heavy (non-hydrogen) atoms. The maximum atomic E-state index is 14.6. The van der Waals surface area contributed by atoms with E-state index in [0.29, 0.717) is 18.7 Å². The van der Waals surface area contributed by atoms with Crippen LogP contribution in [0.4, 0.5) is 4.39 Å². The van der Waals surface area contributed by atoms with Crippen LogP contribution in [0.25, 0.3) is 0 Å². The number of rotatable bonds is 6. The van der Waals surface area contributed by atoms with Gasteiger partial charge in [-0.15, -0.1) is 0 Å². The fourth-order valence-corrected chi connectivity index (χ4v) is 4.86. The van der Waals surface area contributed by atoms with Crippen molar-refractivity contribution in [3.05, 3.63) is 0 Å². The van der Waals surface area contributed by atoms with Gasteiger partial charge in [0.05, 0.1) is 5.92 Å². The minimum absolute atomic E-state index is 0.0233. The number of carboxylic acid groups (broad SMARTS) is 1. The van der Waals surface area contributed by atoms with Gasteiger partial charge < -0.3 is 10.1 Å². The summed E-state index contributed by atoms with van der Waals surface area (Å²) in [6.45, 7) is 4.00. The molecular formula is C17H29BFO3. The highest BCUT2D eigenvalue weighted by molar-refractivity contribution is 6.25. The zero-order valence-corrected chi connectivity index (χ0v) is 13.7. The number of halogens is 1. The van der Waals surface area contributed by atoms with Crippen molar-refractivity contribution >= 4 is 13.5 Å². The minimum atomic E-state index is -0.774. The lowest BCUT2D eigenvalue weighted by atomic mass is 9.80. The first-order valence-corrected chi connectivity index (χ1v) is 8.96. The largest absolute Gasteiger partial charge is 0.481 e. The zero-order valence-electron chi connectivity index (χ0n) is 13.7. The molecule has 2 N–H and O–H groups in total. The Bertz CT molecular complexity index is 375. The highest BCUT2D eigenvalue weighted by Crippen LogP contribution is 2.59. The predicted octanol–water partition coefficient (Wildman–Crippen LogP) is 3.54. The summed E-state index contributed by atoms with van der Waals surface area (Å²) in [5.41, 5.74) is 0. The van der Waals surface area contributed by atoms with Crippen molar-refractivity contribution < 1.29 is 19.3 Å². The summed E-state index contributed by atoms with van der Waals surface area (Å²) in [4.78, 5) is 11.4. The van der Waals surface area contributed by atoms with Crippen LogP contribution in [0.15, 0.2) is 0 Å². The molecule has 3 aliphatic rings. The van der Waals surface area contributed by atoms with Crippen LogP contribution in [0.3, 0.4) is 0 Å². The van der Waals surface area contributed by atoms with E-state index < -0.39 is 12.1 Å². The van der Waals surface area contributed by atoms with E-state index in [1.54, 1.807) is 0 Å². The minimum Gasteiger partial charge on any atom is -0.481 e. The first kappa shape index (κ1) is 17.8. The first-order chi connectivity index (χ1) is 10.6. The molecule has 3 nitrogen and oxygen atoms in total. The Hall–Kier alpha value is -0.575. The summed E-state index contributed by atoms with van der Waals surface area (Å²) < 4.78 is 14.6. The summed E-state index contributed by atoms with van der Waals surface area (Å²) in [6.07, 6.45) is 5.19. The SMILES string of the molecule is CC.O=C(O)C1CC2C(F)C(C3CC3)CC2C1CCC[B]O. The molecule has 3 aliphatic carbocycles. The van der Waals surface area contributed by atoms with Crippen molar-refractivity contribution in [3.8, 4) is 0 Å². The molecule has 0 heterocycles. The number of alkyl halides is 1. The Morgan fingerprint density at radius 2 is 1.86 bits per heavy atom. The molecule has 125 valence electrons. The molecule has 6 atom stereocenters. The van der Waals surface area contributed by atoms with Gasteiger partial charge in [0.15, 0.2) is 0 Å². The molecule has 0 amide bonds. The molecule has 6 unspecified atom stereocenters. The summed E-state index contributed by atoms with van der Waals surface area (Å²) >= 11 is 0. The second-order valence-corrected chi connectivity index (χ2v) is 6.97. The third-order valence-corrected chi connectivity index (χ3v) is 5.92. The van der Waals surface area contributed by atoms with Crippen molar-refractivity contribution in [3.63, 3.8) is 0 Å². The molecule has 0 spiro atoms. The highest BCUT2D eigenvalue weighted by Gasteiger charge is 2.57. The number of fused-ring (bicyclic) bond motifs is 1. The van der Waals surface area contributed by atoms with Gasteiger partial charge in [0.25, 0.3) is 7.48 Å². The molecule has 3 rings (SSSR count). The lowest BCUT2D eigenvalue weighted by Gasteiger charge is -2.22. The van der Waals surface area contributed by atoms with Crippen LogP contribution in [0.1, 0.15) is 52.4 Å². The molecular weight excluding hydrogens is 282 g/mol. The van der Waals surface area contributed by atoms with Gasteiger partial charge >= 0.3 is 5.97 Å². The quantitative estimate of drug-likeness (QED) is 0.582. The molecule has 0 saturated heterocycles. The summed E-state index contributed by atoms with van der Waals surface area (Å²) in [5, 5.41) is 18.2. The van der Waals surface area contributed by atoms with Crippen LogP contribution in [0.2, 0.25) is 6.32 Å². The van der Waals surface area contributed by atoms with Crippen LogP contribution in [-0.4, -0.2) is 29.8 Å². The number of carboxylic acids is 1. The van der Waals surface area contributed by atoms with Gasteiger partial charge in [-0.2, -0.15) is 0 Å². The molecule has 3 saturated carbocycles. The molecule has 3 fully saturated rings. The Morgan fingerprint density at radius 1 is 1.18 bits per heavy atom. The smallest absolute Gasteiger partial charge is 0.306 e. The standard InChI is InChI=1S/C15H23BFO3.C2H6/c17-14-10(8-3-4-8)6-11-9(2-1-5-16-20)13(15(18)19)7-12(11)14;1-2/h8-14,20H,1-7H2,(H,18,19);1-2H3. The summed E-state index contributed by atoms with van der Waals surface area (Å²) in [7, 11) is 1.14. The number of hydrogen-bond donors (Lipinski definition) is 2. The molecule has 0 bridgehead atoms. The molecule has 5 heteroatoms. The molecule has 0 aliphatic heterocycles. The van der Waals surface area contributed by atoms with Crippen LogP contribution in [-0.2, 0) is 4.79 Å². The van der Waals surface area contributed by atoms with E-state index >= 15 is 0 Å². The van der Waals surface area contributed by atoms with E-state index in [-0.39, 0.29) is 29.6 Å². The average Bonchev–Trinajstić information content (AvgIpc) is 3.22. The average molecular weight is 311 g/mol. The third-order valence-electron chi connectivity index (χ3n) is 5.92. The normalized spacial score (nSPS) is 39.8. The fourth-order valence-electron chi connectivity index (χ4n) is 4.86. The van der Waals surface area contributed by atoms with Crippen LogP contribution in [0.5, 0.6) is 0 Å². The van der Waals surface area contributed by atoms with Gasteiger partial charge in [0.2, 0.25) is 0 Å². The Labute approximate surface area is 134 Å².